The predicted molar refractivity (Wildman–Crippen MR) is 103 cm³/mol. The van der Waals surface area contributed by atoms with Gasteiger partial charge in [0.2, 0.25) is 5.91 Å². The summed E-state index contributed by atoms with van der Waals surface area (Å²) in [5.41, 5.74) is 0.0401. The predicted octanol–water partition coefficient (Wildman–Crippen LogP) is 2.00. The molecule has 2 unspecified atom stereocenters. The van der Waals surface area contributed by atoms with Gasteiger partial charge in [-0.1, -0.05) is 0 Å². The fourth-order valence-electron chi connectivity index (χ4n) is 7.35. The van der Waals surface area contributed by atoms with Crippen molar-refractivity contribution < 1.29 is 9.59 Å². The van der Waals surface area contributed by atoms with Gasteiger partial charge in [0.05, 0.1) is 0 Å². The third kappa shape index (κ3) is 3.45. The van der Waals surface area contributed by atoms with Gasteiger partial charge < -0.3 is 20.9 Å². The van der Waals surface area contributed by atoms with Crippen LogP contribution in [0.25, 0.3) is 0 Å². The van der Waals surface area contributed by atoms with Gasteiger partial charge in [-0.15, -0.1) is 0 Å². The van der Waals surface area contributed by atoms with Crippen LogP contribution in [0.2, 0.25) is 0 Å². The molecule has 6 bridgehead atoms. The Bertz CT molecular complexity index is 558. The first kappa shape index (κ1) is 17.8. The van der Waals surface area contributed by atoms with Crippen molar-refractivity contribution in [1.29, 1.82) is 0 Å². The van der Waals surface area contributed by atoms with Crippen LogP contribution in [0.15, 0.2) is 0 Å². The molecule has 0 spiro atoms. The van der Waals surface area contributed by atoms with Crippen LogP contribution in [0.4, 0.5) is 4.79 Å². The number of fused-ring (bicyclic) bond motifs is 2. The number of rotatable bonds is 4. The minimum Gasteiger partial charge on any atom is -0.338 e. The van der Waals surface area contributed by atoms with Crippen LogP contribution < -0.4 is 16.0 Å². The zero-order chi connectivity index (χ0) is 18.4. The summed E-state index contributed by atoms with van der Waals surface area (Å²) in [7, 11) is 0. The quantitative estimate of drug-likeness (QED) is 0.705. The van der Waals surface area contributed by atoms with Gasteiger partial charge in [0.25, 0.3) is 0 Å². The lowest BCUT2D eigenvalue weighted by atomic mass is 9.53. The molecule has 6 heteroatoms. The second-order valence-electron chi connectivity index (χ2n) is 10.0. The number of carbonyl (C=O) groups is 2. The van der Waals surface area contributed by atoms with Crippen molar-refractivity contribution >= 4 is 11.9 Å². The third-order valence-corrected chi connectivity index (χ3v) is 7.98. The van der Waals surface area contributed by atoms with Crippen LogP contribution in [0.1, 0.15) is 64.2 Å². The molecule has 27 heavy (non-hydrogen) atoms. The highest BCUT2D eigenvalue weighted by atomic mass is 16.2. The number of urea groups is 1. The summed E-state index contributed by atoms with van der Waals surface area (Å²) in [6.07, 6.45) is 11.4. The van der Waals surface area contributed by atoms with Gasteiger partial charge in [-0.05, 0) is 82.1 Å². The molecule has 0 radical (unpaired) electrons. The van der Waals surface area contributed by atoms with E-state index >= 15 is 0 Å². The number of hydrogen-bond donors (Lipinski definition) is 3. The average Bonchev–Trinajstić information content (AvgIpc) is 2.85. The molecule has 0 aromatic carbocycles. The summed E-state index contributed by atoms with van der Waals surface area (Å²) in [6, 6.07) is 0.689. The van der Waals surface area contributed by atoms with Crippen molar-refractivity contribution in [1.82, 2.24) is 20.9 Å². The number of nitrogens with zero attached hydrogens (tertiary/aromatic N) is 1. The van der Waals surface area contributed by atoms with Crippen molar-refractivity contribution in [3.8, 4) is 0 Å². The monoisotopic (exact) mass is 374 g/mol. The van der Waals surface area contributed by atoms with Gasteiger partial charge in [0.1, 0.15) is 0 Å². The standard InChI is InChI=1S/C21H34N4O2/c26-19(25-17-1-2-18(25)13-22-5-3-17)4-6-23-20(27)24-21-10-14-7-15(11-21)9-16(8-14)12-21/h14-18,22H,1-13H2,(H2,23,24,27). The highest BCUT2D eigenvalue weighted by molar-refractivity contribution is 5.79. The Hall–Kier alpha value is -1.30. The maximum atomic E-state index is 12.7. The van der Waals surface area contributed by atoms with Crippen molar-refractivity contribution in [3.05, 3.63) is 0 Å². The smallest absolute Gasteiger partial charge is 0.315 e. The first-order valence-electron chi connectivity index (χ1n) is 11.2. The van der Waals surface area contributed by atoms with Crippen LogP contribution in [0.3, 0.4) is 0 Å². The largest absolute Gasteiger partial charge is 0.338 e. The molecule has 2 aliphatic heterocycles. The van der Waals surface area contributed by atoms with Gasteiger partial charge in [0, 0.05) is 37.1 Å². The molecular weight excluding hydrogens is 340 g/mol. The van der Waals surface area contributed by atoms with Crippen molar-refractivity contribution in [2.24, 2.45) is 17.8 Å². The van der Waals surface area contributed by atoms with Gasteiger partial charge in [-0.3, -0.25) is 4.79 Å². The molecular formula is C21H34N4O2. The average molecular weight is 375 g/mol. The first-order valence-corrected chi connectivity index (χ1v) is 11.2. The second-order valence-corrected chi connectivity index (χ2v) is 10.0. The molecule has 6 fully saturated rings. The lowest BCUT2D eigenvalue weighted by Crippen LogP contribution is -2.61. The van der Waals surface area contributed by atoms with Gasteiger partial charge in [0.15, 0.2) is 0 Å². The molecule has 0 aromatic heterocycles. The highest BCUT2D eigenvalue weighted by Crippen LogP contribution is 2.55. The van der Waals surface area contributed by atoms with E-state index in [1.807, 2.05) is 0 Å². The lowest BCUT2D eigenvalue weighted by Gasteiger charge is -2.56. The van der Waals surface area contributed by atoms with Crippen molar-refractivity contribution in [2.75, 3.05) is 19.6 Å². The van der Waals surface area contributed by atoms with E-state index in [-0.39, 0.29) is 17.5 Å². The van der Waals surface area contributed by atoms with Gasteiger partial charge in [-0.2, -0.15) is 0 Å². The molecule has 0 aromatic rings. The number of hydrogen-bond acceptors (Lipinski definition) is 3. The molecule has 3 N–H and O–H groups in total. The van der Waals surface area contributed by atoms with E-state index in [1.54, 1.807) is 0 Å². The van der Waals surface area contributed by atoms with E-state index in [0.717, 1.165) is 69.4 Å². The highest BCUT2D eigenvalue weighted by Gasteiger charge is 2.51. The van der Waals surface area contributed by atoms with Crippen LogP contribution in [0.5, 0.6) is 0 Å². The Morgan fingerprint density at radius 1 is 0.963 bits per heavy atom. The van der Waals surface area contributed by atoms with Crippen LogP contribution >= 0.6 is 0 Å². The number of nitrogens with one attached hydrogen (secondary N) is 3. The lowest BCUT2D eigenvalue weighted by molar-refractivity contribution is -0.133. The Balaban J connectivity index is 1.10. The molecule has 2 heterocycles. The number of carbonyl (C=O) groups excluding carboxylic acids is 2. The summed E-state index contributed by atoms with van der Waals surface area (Å²) in [4.78, 5) is 27.4. The van der Waals surface area contributed by atoms with Crippen LogP contribution in [-0.4, -0.2) is 54.1 Å². The molecule has 150 valence electrons. The number of amides is 3. The molecule has 3 amide bonds. The molecule has 2 atom stereocenters. The van der Waals surface area contributed by atoms with E-state index in [9.17, 15) is 9.59 Å². The molecule has 4 aliphatic carbocycles. The maximum Gasteiger partial charge on any atom is 0.315 e. The fraction of sp³-hybridized carbons (Fsp3) is 0.905. The molecule has 6 aliphatic rings. The van der Waals surface area contributed by atoms with E-state index in [2.05, 4.69) is 20.9 Å². The van der Waals surface area contributed by atoms with E-state index < -0.39 is 0 Å². The Morgan fingerprint density at radius 3 is 2.33 bits per heavy atom. The molecule has 4 saturated carbocycles. The maximum absolute atomic E-state index is 12.7. The Morgan fingerprint density at radius 2 is 1.63 bits per heavy atom. The van der Waals surface area contributed by atoms with Crippen LogP contribution in [-0.2, 0) is 4.79 Å². The van der Waals surface area contributed by atoms with Crippen molar-refractivity contribution in [2.45, 2.75) is 81.8 Å². The van der Waals surface area contributed by atoms with Gasteiger partial charge >= 0.3 is 6.03 Å². The Kier molecular flexibility index (Phi) is 4.57. The fourth-order valence-corrected chi connectivity index (χ4v) is 7.35. The van der Waals surface area contributed by atoms with Crippen LogP contribution in [0, 0.1) is 17.8 Å². The summed E-state index contributed by atoms with van der Waals surface area (Å²) < 4.78 is 0. The summed E-state index contributed by atoms with van der Waals surface area (Å²) in [5, 5.41) is 9.75. The molecule has 6 nitrogen and oxygen atoms in total. The second kappa shape index (κ2) is 6.94. The molecule has 6 rings (SSSR count). The van der Waals surface area contributed by atoms with Gasteiger partial charge in [-0.25, -0.2) is 4.79 Å². The molecule has 2 saturated heterocycles. The normalized spacial score (nSPS) is 42.1. The summed E-state index contributed by atoms with van der Waals surface area (Å²) in [6.45, 7) is 2.37. The van der Waals surface area contributed by atoms with Crippen molar-refractivity contribution in [3.63, 3.8) is 0 Å². The van der Waals surface area contributed by atoms with E-state index in [0.29, 0.717) is 25.0 Å². The zero-order valence-corrected chi connectivity index (χ0v) is 16.3. The minimum absolute atomic E-state index is 0.0401. The Labute approximate surface area is 162 Å². The topological polar surface area (TPSA) is 73.5 Å². The third-order valence-electron chi connectivity index (χ3n) is 7.98. The summed E-state index contributed by atoms with van der Waals surface area (Å²) in [5.74, 6) is 2.68. The zero-order valence-electron chi connectivity index (χ0n) is 16.3. The minimum atomic E-state index is -0.0646. The van der Waals surface area contributed by atoms with E-state index in [1.165, 1.54) is 19.3 Å². The summed E-state index contributed by atoms with van der Waals surface area (Å²) >= 11 is 0. The first-order chi connectivity index (χ1) is 13.1. The SMILES string of the molecule is O=C(NCCC(=O)N1C2CCNCC1CC2)NC12CC3CC(CC(C3)C1)C2. The van der Waals surface area contributed by atoms with E-state index in [4.69, 9.17) is 0 Å².